The summed E-state index contributed by atoms with van der Waals surface area (Å²) >= 11 is 1.40. The maximum absolute atomic E-state index is 13.4. The van der Waals surface area contributed by atoms with Crippen molar-refractivity contribution in [3.05, 3.63) is 93.4 Å². The fraction of sp³-hybridized carbons (Fsp3) is 0.280. The van der Waals surface area contributed by atoms with E-state index < -0.39 is 0 Å². The van der Waals surface area contributed by atoms with Crippen molar-refractivity contribution < 1.29 is 18.7 Å². The summed E-state index contributed by atoms with van der Waals surface area (Å²) in [4.78, 5) is 25.5. The molecule has 0 bridgehead atoms. The molecule has 1 saturated heterocycles. The molecule has 4 rings (SSSR count). The lowest BCUT2D eigenvalue weighted by atomic mass is 9.74. The minimum Gasteiger partial charge on any atom is -0.381 e. The Morgan fingerprint density at radius 3 is 2.31 bits per heavy atom. The lowest BCUT2D eigenvalue weighted by Gasteiger charge is -2.38. The number of hydrogen-bond acceptors (Lipinski definition) is 4. The van der Waals surface area contributed by atoms with Crippen LogP contribution in [0.2, 0.25) is 0 Å². The van der Waals surface area contributed by atoms with E-state index in [1.54, 1.807) is 30.3 Å². The van der Waals surface area contributed by atoms with Crippen LogP contribution in [0.5, 0.6) is 0 Å². The molecule has 2 amide bonds. The Balaban J connectivity index is 1.36. The Bertz CT molecular complexity index is 1040. The molecule has 2 N–H and O–H groups in total. The number of ether oxygens (including phenoxy) is 1. The lowest BCUT2D eigenvalue weighted by Crippen LogP contribution is -2.44. The van der Waals surface area contributed by atoms with Gasteiger partial charge in [-0.1, -0.05) is 30.3 Å². The summed E-state index contributed by atoms with van der Waals surface area (Å²) in [6.45, 7) is 2.07. The molecule has 1 aliphatic heterocycles. The van der Waals surface area contributed by atoms with Crippen LogP contribution in [0.25, 0.3) is 0 Å². The average Bonchev–Trinajstić information content (AvgIpc) is 3.38. The third-order valence-corrected chi connectivity index (χ3v) is 6.78. The van der Waals surface area contributed by atoms with Crippen LogP contribution in [-0.4, -0.2) is 31.6 Å². The van der Waals surface area contributed by atoms with Gasteiger partial charge in [0.15, 0.2) is 0 Å². The van der Waals surface area contributed by atoms with E-state index in [0.29, 0.717) is 36.7 Å². The normalized spacial score (nSPS) is 15.2. The van der Waals surface area contributed by atoms with Crippen molar-refractivity contribution in [2.75, 3.05) is 19.8 Å². The highest BCUT2D eigenvalue weighted by molar-refractivity contribution is 7.12. The second-order valence-electron chi connectivity index (χ2n) is 7.94. The molecule has 2 aromatic carbocycles. The maximum Gasteiger partial charge on any atom is 0.261 e. The highest BCUT2D eigenvalue weighted by Crippen LogP contribution is 2.34. The van der Waals surface area contributed by atoms with Gasteiger partial charge in [-0.25, -0.2) is 4.39 Å². The van der Waals surface area contributed by atoms with E-state index in [4.69, 9.17) is 4.74 Å². The minimum absolute atomic E-state index is 0.107. The molecule has 5 nitrogen and oxygen atoms in total. The second kappa shape index (κ2) is 10.1. The summed E-state index contributed by atoms with van der Waals surface area (Å²) in [7, 11) is 0. The highest BCUT2D eigenvalue weighted by atomic mass is 32.1. The first-order valence-corrected chi connectivity index (χ1v) is 11.5. The molecule has 0 unspecified atom stereocenters. The first-order chi connectivity index (χ1) is 15.6. The molecule has 0 radical (unpaired) electrons. The van der Waals surface area contributed by atoms with Crippen molar-refractivity contribution >= 4 is 23.2 Å². The smallest absolute Gasteiger partial charge is 0.261 e. The monoisotopic (exact) mass is 452 g/mol. The van der Waals surface area contributed by atoms with Crippen LogP contribution in [0.4, 0.5) is 4.39 Å². The van der Waals surface area contributed by atoms with Crippen molar-refractivity contribution in [2.45, 2.75) is 24.8 Å². The van der Waals surface area contributed by atoms with E-state index in [0.717, 1.165) is 24.0 Å². The van der Waals surface area contributed by atoms with Gasteiger partial charge in [-0.15, -0.1) is 11.3 Å². The van der Waals surface area contributed by atoms with Crippen molar-refractivity contribution in [1.29, 1.82) is 0 Å². The van der Waals surface area contributed by atoms with Crippen LogP contribution >= 0.6 is 11.3 Å². The summed E-state index contributed by atoms with van der Waals surface area (Å²) in [5.41, 5.74) is 2.21. The number of hydrogen-bond donors (Lipinski definition) is 2. The van der Waals surface area contributed by atoms with Crippen molar-refractivity contribution in [2.24, 2.45) is 0 Å². The first kappa shape index (κ1) is 22.2. The molecule has 1 aromatic heterocycles. The third kappa shape index (κ3) is 5.23. The predicted octanol–water partition coefficient (Wildman–Crippen LogP) is 4.30. The van der Waals surface area contributed by atoms with E-state index in [1.807, 2.05) is 23.6 Å². The molecule has 1 fully saturated rings. The summed E-state index contributed by atoms with van der Waals surface area (Å²) in [6.07, 6.45) is 1.53. The van der Waals surface area contributed by atoms with Crippen LogP contribution in [0, 0.1) is 5.82 Å². The topological polar surface area (TPSA) is 67.4 Å². The lowest BCUT2D eigenvalue weighted by molar-refractivity contribution is 0.0487. The molecule has 0 spiro atoms. The number of amides is 2. The van der Waals surface area contributed by atoms with Gasteiger partial charge in [-0.2, -0.15) is 0 Å². The molecule has 0 saturated carbocycles. The van der Waals surface area contributed by atoms with E-state index in [2.05, 4.69) is 10.6 Å². The van der Waals surface area contributed by atoms with Gasteiger partial charge in [0.05, 0.1) is 4.88 Å². The summed E-state index contributed by atoms with van der Waals surface area (Å²) in [5, 5.41) is 7.80. The number of thiophene rings is 1. The van der Waals surface area contributed by atoms with Crippen LogP contribution in [0.3, 0.4) is 0 Å². The van der Waals surface area contributed by atoms with Gasteiger partial charge in [0.2, 0.25) is 0 Å². The van der Waals surface area contributed by atoms with Gasteiger partial charge in [-0.05, 0) is 59.7 Å². The molecule has 1 aliphatic rings. The molecule has 0 aliphatic carbocycles. The molecule has 7 heteroatoms. The Labute approximate surface area is 190 Å². The summed E-state index contributed by atoms with van der Waals surface area (Å²) in [5.74, 6) is -0.539. The fourth-order valence-electron chi connectivity index (χ4n) is 3.94. The standard InChI is InChI=1S/C25H25FN2O3S/c26-21-9-7-20(8-10-21)25(11-13-31-14-12-25)17-28-23(29)19-5-3-18(4-6-19)16-27-24(30)22-2-1-15-32-22/h1-10,15H,11-14,16-17H2,(H,27,30)(H,28,29). The minimum atomic E-state index is -0.272. The molecular formula is C25H25FN2O3S. The Morgan fingerprint density at radius 2 is 1.66 bits per heavy atom. The van der Waals surface area contributed by atoms with Crippen molar-refractivity contribution in [3.8, 4) is 0 Å². The number of nitrogens with one attached hydrogen (secondary N) is 2. The largest absolute Gasteiger partial charge is 0.381 e. The number of halogens is 1. The van der Waals surface area contributed by atoms with Crippen LogP contribution in [-0.2, 0) is 16.7 Å². The number of rotatable bonds is 7. The molecule has 2 heterocycles. The average molecular weight is 453 g/mol. The zero-order valence-corrected chi connectivity index (χ0v) is 18.4. The SMILES string of the molecule is O=C(NCC1(c2ccc(F)cc2)CCOCC1)c1ccc(CNC(=O)c2cccs2)cc1. The van der Waals surface area contributed by atoms with Gasteiger partial charge in [0.1, 0.15) is 5.82 Å². The van der Waals surface area contributed by atoms with Gasteiger partial charge in [-0.3, -0.25) is 9.59 Å². The van der Waals surface area contributed by atoms with E-state index in [1.165, 1.54) is 23.5 Å². The van der Waals surface area contributed by atoms with Crippen LogP contribution in [0.1, 0.15) is 44.0 Å². The van der Waals surface area contributed by atoms with E-state index >= 15 is 0 Å². The van der Waals surface area contributed by atoms with E-state index in [9.17, 15) is 14.0 Å². The molecule has 32 heavy (non-hydrogen) atoms. The number of carbonyl (C=O) groups is 2. The summed E-state index contributed by atoms with van der Waals surface area (Å²) in [6, 6.07) is 17.3. The quantitative estimate of drug-likeness (QED) is 0.562. The Hall–Kier alpha value is -3.03. The van der Waals surface area contributed by atoms with Crippen LogP contribution < -0.4 is 10.6 Å². The zero-order chi connectivity index (χ0) is 22.4. The Morgan fingerprint density at radius 1 is 0.938 bits per heavy atom. The van der Waals surface area contributed by atoms with E-state index in [-0.39, 0.29) is 23.0 Å². The Kier molecular flexibility index (Phi) is 6.97. The highest BCUT2D eigenvalue weighted by Gasteiger charge is 2.35. The van der Waals surface area contributed by atoms with Gasteiger partial charge < -0.3 is 15.4 Å². The first-order valence-electron chi connectivity index (χ1n) is 10.6. The van der Waals surface area contributed by atoms with Gasteiger partial charge in [0, 0.05) is 37.3 Å². The molecular weight excluding hydrogens is 427 g/mol. The molecule has 166 valence electrons. The second-order valence-corrected chi connectivity index (χ2v) is 8.89. The zero-order valence-electron chi connectivity index (χ0n) is 17.6. The van der Waals surface area contributed by atoms with Crippen LogP contribution in [0.15, 0.2) is 66.0 Å². The van der Waals surface area contributed by atoms with Gasteiger partial charge in [0.25, 0.3) is 11.8 Å². The maximum atomic E-state index is 13.4. The summed E-state index contributed by atoms with van der Waals surface area (Å²) < 4.78 is 18.9. The van der Waals surface area contributed by atoms with Crippen molar-refractivity contribution in [3.63, 3.8) is 0 Å². The number of benzene rings is 2. The van der Waals surface area contributed by atoms with Gasteiger partial charge >= 0.3 is 0 Å². The third-order valence-electron chi connectivity index (χ3n) is 5.91. The molecule has 3 aromatic rings. The predicted molar refractivity (Wildman–Crippen MR) is 122 cm³/mol. The number of carbonyl (C=O) groups excluding carboxylic acids is 2. The van der Waals surface area contributed by atoms with Crippen molar-refractivity contribution in [1.82, 2.24) is 10.6 Å². The fourth-order valence-corrected chi connectivity index (χ4v) is 4.58. The molecule has 0 atom stereocenters.